The van der Waals surface area contributed by atoms with Crippen LogP contribution < -0.4 is 16.4 Å². The Hall–Kier alpha value is -4.38. The summed E-state index contributed by atoms with van der Waals surface area (Å²) in [6.45, 7) is 3.83. The average molecular weight is 564 g/mol. The first-order valence-electron chi connectivity index (χ1n) is 13.8. The lowest BCUT2D eigenvalue weighted by Gasteiger charge is -2.30. The maximum atomic E-state index is 13.7. The molecule has 1 aliphatic heterocycles. The molecule has 0 saturated carbocycles. The van der Waals surface area contributed by atoms with Crippen molar-refractivity contribution in [2.24, 2.45) is 11.7 Å². The Morgan fingerprint density at radius 3 is 2.41 bits per heavy atom. The number of carbonyl (C=O) groups is 4. The molecular weight excluding hydrogens is 526 g/mol. The third-order valence-electron chi connectivity index (χ3n) is 7.51. The molecule has 4 unspecified atom stereocenters. The standard InChI is InChI=1S/C30H37N5O6/c1-17(2)26(34-27(37)22(31)14-18-9-11-20(36)12-10-18)28(38)33-24(29(39)35-13-5-8-25(35)30(40)41)15-19-16-32-23-7-4-3-6-21(19)23/h3-4,6-7,9-12,16-17,22,24-26,32,36H,5,8,13-15,31H2,1-2H3,(H,33,38)(H,34,37)(H,40,41). The number of fused-ring (bicyclic) bond motifs is 1. The quantitative estimate of drug-likeness (QED) is 0.205. The molecule has 0 spiro atoms. The predicted octanol–water partition coefficient (Wildman–Crippen LogP) is 1.69. The molecule has 0 bridgehead atoms. The highest BCUT2D eigenvalue weighted by molar-refractivity contribution is 5.95. The van der Waals surface area contributed by atoms with Crippen LogP contribution in [0, 0.1) is 5.92 Å². The van der Waals surface area contributed by atoms with Crippen LogP contribution in [0.15, 0.2) is 54.7 Å². The highest BCUT2D eigenvalue weighted by Gasteiger charge is 2.39. The zero-order valence-corrected chi connectivity index (χ0v) is 23.2. The van der Waals surface area contributed by atoms with Crippen molar-refractivity contribution in [2.45, 2.75) is 63.7 Å². The first kappa shape index (κ1) is 29.6. The van der Waals surface area contributed by atoms with E-state index in [0.29, 0.717) is 12.8 Å². The number of hydrogen-bond donors (Lipinski definition) is 6. The normalized spacial score (nSPS) is 17.3. The minimum atomic E-state index is -1.08. The van der Waals surface area contributed by atoms with Crippen molar-refractivity contribution >= 4 is 34.6 Å². The molecule has 2 heterocycles. The molecule has 3 aromatic rings. The smallest absolute Gasteiger partial charge is 0.326 e. The molecule has 0 radical (unpaired) electrons. The van der Waals surface area contributed by atoms with E-state index < -0.39 is 47.9 Å². The van der Waals surface area contributed by atoms with Gasteiger partial charge < -0.3 is 36.5 Å². The highest BCUT2D eigenvalue weighted by Crippen LogP contribution is 2.23. The molecule has 2 aromatic carbocycles. The van der Waals surface area contributed by atoms with Crippen LogP contribution in [-0.2, 0) is 32.0 Å². The second kappa shape index (κ2) is 12.9. The molecule has 1 aliphatic rings. The zero-order valence-electron chi connectivity index (χ0n) is 23.2. The number of carboxylic acid groups (broad SMARTS) is 1. The monoisotopic (exact) mass is 563 g/mol. The highest BCUT2D eigenvalue weighted by atomic mass is 16.4. The molecule has 7 N–H and O–H groups in total. The van der Waals surface area contributed by atoms with Crippen LogP contribution in [0.5, 0.6) is 5.75 Å². The van der Waals surface area contributed by atoms with Gasteiger partial charge in [-0.25, -0.2) is 4.79 Å². The number of para-hydroxylation sites is 1. The van der Waals surface area contributed by atoms with Gasteiger partial charge in [0.25, 0.3) is 0 Å². The molecule has 1 aromatic heterocycles. The van der Waals surface area contributed by atoms with Crippen molar-refractivity contribution in [1.82, 2.24) is 20.5 Å². The number of aromatic hydroxyl groups is 1. The van der Waals surface area contributed by atoms with E-state index in [2.05, 4.69) is 15.6 Å². The number of rotatable bonds is 11. The van der Waals surface area contributed by atoms with Gasteiger partial charge in [0.1, 0.15) is 23.9 Å². The molecule has 1 fully saturated rings. The van der Waals surface area contributed by atoms with Crippen LogP contribution in [-0.4, -0.2) is 74.5 Å². The van der Waals surface area contributed by atoms with Crippen LogP contribution in [0.4, 0.5) is 0 Å². The lowest BCUT2D eigenvalue weighted by atomic mass is 9.99. The fourth-order valence-electron chi connectivity index (χ4n) is 5.24. The number of amides is 3. The Bertz CT molecular complexity index is 1400. The first-order valence-corrected chi connectivity index (χ1v) is 13.8. The van der Waals surface area contributed by atoms with E-state index in [4.69, 9.17) is 5.73 Å². The summed E-state index contributed by atoms with van der Waals surface area (Å²) >= 11 is 0. The Balaban J connectivity index is 1.52. The van der Waals surface area contributed by atoms with Gasteiger partial charge in [0.05, 0.1) is 6.04 Å². The van der Waals surface area contributed by atoms with Gasteiger partial charge in [-0.1, -0.05) is 44.2 Å². The summed E-state index contributed by atoms with van der Waals surface area (Å²) in [6, 6.07) is 9.98. The summed E-state index contributed by atoms with van der Waals surface area (Å²) in [7, 11) is 0. The largest absolute Gasteiger partial charge is 0.508 e. The van der Waals surface area contributed by atoms with E-state index in [1.54, 1.807) is 32.2 Å². The number of benzene rings is 2. The maximum Gasteiger partial charge on any atom is 0.326 e. The van der Waals surface area contributed by atoms with Crippen molar-refractivity contribution in [3.05, 3.63) is 65.9 Å². The van der Waals surface area contributed by atoms with E-state index in [1.165, 1.54) is 17.0 Å². The number of likely N-dealkylation sites (tertiary alicyclic amines) is 1. The molecule has 11 heteroatoms. The number of carboxylic acids is 1. The third-order valence-corrected chi connectivity index (χ3v) is 7.51. The summed E-state index contributed by atoms with van der Waals surface area (Å²) in [5, 5.41) is 25.6. The van der Waals surface area contributed by atoms with Gasteiger partial charge in [-0.15, -0.1) is 0 Å². The van der Waals surface area contributed by atoms with Crippen molar-refractivity contribution in [3.8, 4) is 5.75 Å². The van der Waals surface area contributed by atoms with Gasteiger partial charge in [-0.3, -0.25) is 14.4 Å². The Morgan fingerprint density at radius 1 is 1.02 bits per heavy atom. The lowest BCUT2D eigenvalue weighted by molar-refractivity contribution is -0.149. The van der Waals surface area contributed by atoms with Crippen molar-refractivity contribution in [3.63, 3.8) is 0 Å². The van der Waals surface area contributed by atoms with Crippen molar-refractivity contribution in [2.75, 3.05) is 6.54 Å². The summed E-state index contributed by atoms with van der Waals surface area (Å²) in [4.78, 5) is 56.6. The Labute approximate surface area is 238 Å². The number of aromatic nitrogens is 1. The van der Waals surface area contributed by atoms with E-state index >= 15 is 0 Å². The van der Waals surface area contributed by atoms with Crippen LogP contribution in [0.25, 0.3) is 10.9 Å². The van der Waals surface area contributed by atoms with Gasteiger partial charge in [0.15, 0.2) is 0 Å². The first-order chi connectivity index (χ1) is 19.5. The molecule has 4 atom stereocenters. The third kappa shape index (κ3) is 7.04. The number of nitrogens with zero attached hydrogens (tertiary/aromatic N) is 1. The maximum absolute atomic E-state index is 13.7. The number of hydrogen-bond acceptors (Lipinski definition) is 6. The molecule has 1 saturated heterocycles. The predicted molar refractivity (Wildman–Crippen MR) is 153 cm³/mol. The summed E-state index contributed by atoms with van der Waals surface area (Å²) in [5.41, 5.74) is 8.55. The van der Waals surface area contributed by atoms with Crippen LogP contribution in [0.2, 0.25) is 0 Å². The van der Waals surface area contributed by atoms with E-state index in [9.17, 15) is 29.4 Å². The van der Waals surface area contributed by atoms with Gasteiger partial charge in [-0.2, -0.15) is 0 Å². The summed E-state index contributed by atoms with van der Waals surface area (Å²) in [5.74, 6) is -2.88. The van der Waals surface area contributed by atoms with E-state index in [0.717, 1.165) is 22.0 Å². The number of H-pyrrole nitrogens is 1. The number of phenols is 1. The van der Waals surface area contributed by atoms with Crippen LogP contribution in [0.1, 0.15) is 37.8 Å². The van der Waals surface area contributed by atoms with Crippen molar-refractivity contribution in [1.29, 1.82) is 0 Å². The second-order valence-corrected chi connectivity index (χ2v) is 10.9. The zero-order chi connectivity index (χ0) is 29.7. The molecule has 218 valence electrons. The number of aliphatic carboxylic acids is 1. The molecule has 11 nitrogen and oxygen atoms in total. The van der Waals surface area contributed by atoms with Gasteiger partial charge in [0, 0.05) is 30.1 Å². The van der Waals surface area contributed by atoms with Crippen LogP contribution >= 0.6 is 0 Å². The molecule has 4 rings (SSSR count). The second-order valence-electron chi connectivity index (χ2n) is 10.9. The SMILES string of the molecule is CC(C)C(NC(=O)C(N)Cc1ccc(O)cc1)C(=O)NC(Cc1c[nH]c2ccccc12)C(=O)N1CCCC1C(=O)O. The number of nitrogens with two attached hydrogens (primary N) is 1. The molecule has 41 heavy (non-hydrogen) atoms. The summed E-state index contributed by atoms with van der Waals surface area (Å²) < 4.78 is 0. The molecule has 0 aliphatic carbocycles. The van der Waals surface area contributed by atoms with Gasteiger partial charge in [-0.05, 0) is 54.5 Å². The van der Waals surface area contributed by atoms with E-state index in [-0.39, 0.29) is 31.1 Å². The Morgan fingerprint density at radius 2 is 1.73 bits per heavy atom. The van der Waals surface area contributed by atoms with Gasteiger partial charge in [0.2, 0.25) is 17.7 Å². The number of nitrogens with one attached hydrogen (secondary N) is 3. The minimum absolute atomic E-state index is 0.101. The number of phenolic OH excluding ortho intramolecular Hbond substituents is 1. The fourth-order valence-corrected chi connectivity index (χ4v) is 5.24. The van der Waals surface area contributed by atoms with Crippen LogP contribution in [0.3, 0.4) is 0 Å². The number of aromatic amines is 1. The minimum Gasteiger partial charge on any atom is -0.508 e. The topological polar surface area (TPSA) is 178 Å². The lowest BCUT2D eigenvalue weighted by Crippen LogP contribution is -2.59. The van der Waals surface area contributed by atoms with Crippen molar-refractivity contribution < 1.29 is 29.4 Å². The Kier molecular flexibility index (Phi) is 9.28. The van der Waals surface area contributed by atoms with E-state index in [1.807, 2.05) is 24.3 Å². The summed E-state index contributed by atoms with van der Waals surface area (Å²) in [6.07, 6.45) is 3.01. The fraction of sp³-hybridized carbons (Fsp3) is 0.400. The van der Waals surface area contributed by atoms with Gasteiger partial charge >= 0.3 is 5.97 Å². The molecular formula is C30H37N5O6. The average Bonchev–Trinajstić information content (AvgIpc) is 3.60. The number of carbonyl (C=O) groups excluding carboxylic acids is 3. The molecule has 3 amide bonds.